The van der Waals surface area contributed by atoms with Crippen molar-refractivity contribution in [1.82, 2.24) is 5.32 Å². The Balaban J connectivity index is 0.00000361. The number of anilines is 1. The van der Waals surface area contributed by atoms with Gasteiger partial charge in [0.1, 0.15) is 0 Å². The fourth-order valence-corrected chi connectivity index (χ4v) is 1.72. The molecule has 0 spiro atoms. The molecule has 0 saturated carbocycles. The average molecular weight is 320 g/mol. The summed E-state index contributed by atoms with van der Waals surface area (Å²) in [6.07, 6.45) is 0.917. The smallest absolute Gasteiger partial charge is 0.253 e. The van der Waals surface area contributed by atoms with E-state index >= 15 is 0 Å². The van der Waals surface area contributed by atoms with Crippen molar-refractivity contribution in [2.45, 2.75) is 19.8 Å². The fourth-order valence-electron chi connectivity index (χ4n) is 1.55. The lowest BCUT2D eigenvalue weighted by atomic mass is 10.1. The maximum atomic E-state index is 11.8. The van der Waals surface area contributed by atoms with Crippen molar-refractivity contribution in [3.8, 4) is 0 Å². The van der Waals surface area contributed by atoms with Crippen LogP contribution < -0.4 is 16.4 Å². The zero-order valence-corrected chi connectivity index (χ0v) is 12.8. The Hall–Kier alpha value is -1.30. The molecule has 1 aromatic carbocycles. The predicted molar refractivity (Wildman–Crippen MR) is 83.6 cm³/mol. The van der Waals surface area contributed by atoms with Crippen LogP contribution >= 0.6 is 24.0 Å². The molecule has 0 saturated heterocycles. The number of carbonyl (C=O) groups is 2. The van der Waals surface area contributed by atoms with Crippen molar-refractivity contribution in [2.75, 3.05) is 18.4 Å². The number of halogens is 2. The van der Waals surface area contributed by atoms with Crippen molar-refractivity contribution in [3.05, 3.63) is 28.8 Å². The molecule has 0 unspecified atom stereocenters. The van der Waals surface area contributed by atoms with Crippen molar-refractivity contribution in [2.24, 2.45) is 5.73 Å². The second-order valence-corrected chi connectivity index (χ2v) is 4.43. The molecule has 7 heteroatoms. The van der Waals surface area contributed by atoms with Gasteiger partial charge >= 0.3 is 0 Å². The van der Waals surface area contributed by atoms with Gasteiger partial charge in [0.05, 0.1) is 11.3 Å². The van der Waals surface area contributed by atoms with E-state index in [4.69, 9.17) is 17.3 Å². The lowest BCUT2D eigenvalue weighted by Gasteiger charge is -2.11. The Morgan fingerprint density at radius 3 is 2.65 bits per heavy atom. The van der Waals surface area contributed by atoms with E-state index in [1.165, 1.54) is 0 Å². The molecular formula is C13H19Cl2N3O2. The maximum absolute atomic E-state index is 11.8. The van der Waals surface area contributed by atoms with E-state index in [-0.39, 0.29) is 24.2 Å². The van der Waals surface area contributed by atoms with Crippen LogP contribution in [0.2, 0.25) is 5.02 Å². The van der Waals surface area contributed by atoms with E-state index in [1.54, 1.807) is 18.2 Å². The number of amides is 2. The molecule has 0 aliphatic carbocycles. The van der Waals surface area contributed by atoms with Gasteiger partial charge in [-0.25, -0.2) is 0 Å². The highest BCUT2D eigenvalue weighted by molar-refractivity contribution is 6.31. The summed E-state index contributed by atoms with van der Waals surface area (Å²) in [7, 11) is 0. The van der Waals surface area contributed by atoms with Crippen LogP contribution in [-0.4, -0.2) is 24.9 Å². The molecule has 4 N–H and O–H groups in total. The summed E-state index contributed by atoms with van der Waals surface area (Å²) in [5.41, 5.74) is 6.16. The van der Waals surface area contributed by atoms with Crippen LogP contribution in [0.15, 0.2) is 18.2 Å². The van der Waals surface area contributed by atoms with Gasteiger partial charge in [0.25, 0.3) is 5.91 Å². The molecule has 0 atom stereocenters. The number of nitrogens with one attached hydrogen (secondary N) is 2. The summed E-state index contributed by atoms with van der Waals surface area (Å²) in [5, 5.41) is 5.83. The molecule has 20 heavy (non-hydrogen) atoms. The van der Waals surface area contributed by atoms with Gasteiger partial charge in [0, 0.05) is 18.0 Å². The normalized spacial score (nSPS) is 9.55. The highest BCUT2D eigenvalue weighted by Crippen LogP contribution is 2.21. The zero-order valence-electron chi connectivity index (χ0n) is 11.2. The second-order valence-electron chi connectivity index (χ2n) is 3.99. The Morgan fingerprint density at radius 2 is 2.05 bits per heavy atom. The SMILES string of the molecule is CCNC(=O)c1ccc(Cl)cc1NC(=O)CCCN.Cl. The van der Waals surface area contributed by atoms with Gasteiger partial charge < -0.3 is 16.4 Å². The van der Waals surface area contributed by atoms with Crippen molar-refractivity contribution < 1.29 is 9.59 Å². The van der Waals surface area contributed by atoms with E-state index < -0.39 is 0 Å². The summed E-state index contributed by atoms with van der Waals surface area (Å²) < 4.78 is 0. The molecule has 2 amide bonds. The molecule has 0 heterocycles. The monoisotopic (exact) mass is 319 g/mol. The molecule has 0 aliphatic heterocycles. The fraction of sp³-hybridized carbons (Fsp3) is 0.385. The number of benzene rings is 1. The van der Waals surface area contributed by atoms with E-state index in [9.17, 15) is 9.59 Å². The summed E-state index contributed by atoms with van der Waals surface area (Å²) in [4.78, 5) is 23.5. The van der Waals surface area contributed by atoms with Gasteiger partial charge in [-0.1, -0.05) is 11.6 Å². The van der Waals surface area contributed by atoms with Gasteiger partial charge in [0.2, 0.25) is 5.91 Å². The number of nitrogens with two attached hydrogens (primary N) is 1. The molecule has 0 fully saturated rings. The molecule has 1 rings (SSSR count). The van der Waals surface area contributed by atoms with Gasteiger partial charge in [0.15, 0.2) is 0 Å². The third-order valence-corrected chi connectivity index (χ3v) is 2.68. The molecule has 0 radical (unpaired) electrons. The predicted octanol–water partition coefficient (Wildman–Crippen LogP) is 2.19. The Bertz CT molecular complexity index is 467. The summed E-state index contributed by atoms with van der Waals surface area (Å²) in [6.45, 7) is 2.79. The highest BCUT2D eigenvalue weighted by Gasteiger charge is 2.13. The van der Waals surface area contributed by atoms with E-state index in [2.05, 4.69) is 10.6 Å². The largest absolute Gasteiger partial charge is 0.352 e. The van der Waals surface area contributed by atoms with Crippen LogP contribution in [0.3, 0.4) is 0 Å². The maximum Gasteiger partial charge on any atom is 0.253 e. The van der Waals surface area contributed by atoms with Crippen LogP contribution in [0.4, 0.5) is 5.69 Å². The summed E-state index contributed by atoms with van der Waals surface area (Å²) in [5.74, 6) is -0.424. The first-order valence-corrected chi connectivity index (χ1v) is 6.54. The first-order chi connectivity index (χ1) is 9.08. The van der Waals surface area contributed by atoms with Crippen LogP contribution in [0.1, 0.15) is 30.1 Å². The van der Waals surface area contributed by atoms with Crippen LogP contribution in [0.5, 0.6) is 0 Å². The van der Waals surface area contributed by atoms with Crippen LogP contribution in [-0.2, 0) is 4.79 Å². The standard InChI is InChI=1S/C13H18ClN3O2.ClH/c1-2-16-13(19)10-6-5-9(14)8-11(10)17-12(18)4-3-7-15;/h5-6,8H,2-4,7,15H2,1H3,(H,16,19)(H,17,18);1H. The first kappa shape index (κ1) is 18.7. The molecule has 0 aliphatic rings. The topological polar surface area (TPSA) is 84.2 Å². The minimum absolute atomic E-state index is 0. The summed E-state index contributed by atoms with van der Waals surface area (Å²) >= 11 is 5.88. The number of rotatable bonds is 6. The number of hydrogen-bond acceptors (Lipinski definition) is 3. The molecule has 5 nitrogen and oxygen atoms in total. The van der Waals surface area contributed by atoms with E-state index in [1.807, 2.05) is 6.92 Å². The molecule has 112 valence electrons. The van der Waals surface area contributed by atoms with Gasteiger partial charge in [-0.3, -0.25) is 9.59 Å². The number of hydrogen-bond donors (Lipinski definition) is 3. The van der Waals surface area contributed by atoms with Gasteiger partial charge in [-0.05, 0) is 38.1 Å². The molecule has 0 bridgehead atoms. The van der Waals surface area contributed by atoms with E-state index in [0.29, 0.717) is 42.2 Å². The van der Waals surface area contributed by atoms with Gasteiger partial charge in [-0.2, -0.15) is 0 Å². The third-order valence-electron chi connectivity index (χ3n) is 2.45. The van der Waals surface area contributed by atoms with Crippen molar-refractivity contribution in [1.29, 1.82) is 0 Å². The number of carbonyl (C=O) groups excluding carboxylic acids is 2. The van der Waals surface area contributed by atoms with Gasteiger partial charge in [-0.15, -0.1) is 12.4 Å². The summed E-state index contributed by atoms with van der Waals surface area (Å²) in [6, 6.07) is 4.76. The molecule has 1 aromatic rings. The lowest BCUT2D eigenvalue weighted by Crippen LogP contribution is -2.25. The average Bonchev–Trinajstić information content (AvgIpc) is 2.36. The minimum Gasteiger partial charge on any atom is -0.352 e. The zero-order chi connectivity index (χ0) is 14.3. The Morgan fingerprint density at radius 1 is 1.35 bits per heavy atom. The Labute approximate surface area is 129 Å². The highest BCUT2D eigenvalue weighted by atomic mass is 35.5. The van der Waals surface area contributed by atoms with E-state index in [0.717, 1.165) is 0 Å². The van der Waals surface area contributed by atoms with Crippen LogP contribution in [0, 0.1) is 0 Å². The van der Waals surface area contributed by atoms with Crippen molar-refractivity contribution >= 4 is 41.5 Å². The van der Waals surface area contributed by atoms with Crippen molar-refractivity contribution in [3.63, 3.8) is 0 Å². The molecule has 0 aromatic heterocycles. The minimum atomic E-state index is -0.242. The van der Waals surface area contributed by atoms with Crippen LogP contribution in [0.25, 0.3) is 0 Å². The molecular weight excluding hydrogens is 301 g/mol. The lowest BCUT2D eigenvalue weighted by molar-refractivity contribution is -0.116. The third kappa shape index (κ3) is 5.77. The Kier molecular flexibility index (Phi) is 8.96. The second kappa shape index (κ2) is 9.58. The quantitative estimate of drug-likeness (QED) is 0.751. The first-order valence-electron chi connectivity index (χ1n) is 6.16.